The van der Waals surface area contributed by atoms with Crippen LogP contribution in [0.2, 0.25) is 0 Å². The van der Waals surface area contributed by atoms with Crippen LogP contribution in [0, 0.1) is 0 Å². The molecule has 0 aromatic heterocycles. The smallest absolute Gasteiger partial charge is 0.343 e. The molecule has 20 heavy (non-hydrogen) atoms. The highest BCUT2D eigenvalue weighted by Gasteiger charge is 2.08. The quantitative estimate of drug-likeness (QED) is 0.486. The van der Waals surface area contributed by atoms with Gasteiger partial charge in [0.2, 0.25) is 0 Å². The molecule has 0 saturated heterocycles. The Morgan fingerprint density at radius 3 is 2.10 bits per heavy atom. The standard InChI is InChI=1S/C16H15NO3/c1-17(2)14-7-5-13(6-8-14)16(19)20-15-9-3-12(11-18)4-10-15/h3-11H,1-2H3. The molecule has 0 atom stereocenters. The number of rotatable bonds is 4. The fourth-order valence-electron chi connectivity index (χ4n) is 1.68. The van der Waals surface area contributed by atoms with Gasteiger partial charge in [-0.3, -0.25) is 4.79 Å². The largest absolute Gasteiger partial charge is 0.423 e. The molecule has 0 aliphatic heterocycles. The Kier molecular flexibility index (Phi) is 4.15. The summed E-state index contributed by atoms with van der Waals surface area (Å²) >= 11 is 0. The van der Waals surface area contributed by atoms with E-state index in [0.29, 0.717) is 16.9 Å². The molecule has 0 unspecified atom stereocenters. The summed E-state index contributed by atoms with van der Waals surface area (Å²) in [5.41, 5.74) is 2.03. The van der Waals surface area contributed by atoms with Crippen LogP contribution < -0.4 is 9.64 Å². The van der Waals surface area contributed by atoms with Crippen LogP contribution >= 0.6 is 0 Å². The third-order valence-corrected chi connectivity index (χ3v) is 2.85. The lowest BCUT2D eigenvalue weighted by atomic mass is 10.2. The third kappa shape index (κ3) is 3.23. The van der Waals surface area contributed by atoms with Gasteiger partial charge < -0.3 is 9.64 Å². The lowest BCUT2D eigenvalue weighted by Gasteiger charge is -2.12. The lowest BCUT2D eigenvalue weighted by molar-refractivity contribution is 0.0734. The predicted molar refractivity (Wildman–Crippen MR) is 77.6 cm³/mol. The predicted octanol–water partition coefficient (Wildman–Crippen LogP) is 2.78. The summed E-state index contributed by atoms with van der Waals surface area (Å²) in [5.74, 6) is -0.00792. The maximum Gasteiger partial charge on any atom is 0.343 e. The highest BCUT2D eigenvalue weighted by atomic mass is 16.5. The molecule has 4 nitrogen and oxygen atoms in total. The Morgan fingerprint density at radius 1 is 1.00 bits per heavy atom. The first-order valence-corrected chi connectivity index (χ1v) is 6.15. The maximum absolute atomic E-state index is 11.9. The Morgan fingerprint density at radius 2 is 1.60 bits per heavy atom. The van der Waals surface area contributed by atoms with Crippen LogP contribution in [0.25, 0.3) is 0 Å². The van der Waals surface area contributed by atoms with Crippen molar-refractivity contribution in [3.8, 4) is 5.75 Å². The highest BCUT2D eigenvalue weighted by Crippen LogP contribution is 2.16. The molecule has 0 bridgehead atoms. The summed E-state index contributed by atoms with van der Waals surface area (Å²) in [6.07, 6.45) is 0.742. The van der Waals surface area contributed by atoms with Gasteiger partial charge in [0.25, 0.3) is 0 Å². The molecule has 2 rings (SSSR count). The lowest BCUT2D eigenvalue weighted by Crippen LogP contribution is -2.11. The van der Waals surface area contributed by atoms with Gasteiger partial charge in [-0.15, -0.1) is 0 Å². The first-order chi connectivity index (χ1) is 9.60. The Labute approximate surface area is 117 Å². The highest BCUT2D eigenvalue weighted by molar-refractivity contribution is 5.91. The number of ether oxygens (including phenoxy) is 1. The van der Waals surface area contributed by atoms with Crippen LogP contribution in [0.15, 0.2) is 48.5 Å². The first kappa shape index (κ1) is 13.8. The number of esters is 1. The second-order valence-electron chi connectivity index (χ2n) is 4.52. The zero-order chi connectivity index (χ0) is 14.5. The van der Waals surface area contributed by atoms with Crippen LogP contribution in [-0.2, 0) is 0 Å². The monoisotopic (exact) mass is 269 g/mol. The molecule has 0 aliphatic carbocycles. The van der Waals surface area contributed by atoms with E-state index in [-0.39, 0.29) is 0 Å². The molecule has 2 aromatic carbocycles. The minimum atomic E-state index is -0.422. The molecule has 0 amide bonds. The molecule has 102 valence electrons. The number of anilines is 1. The molecular weight excluding hydrogens is 254 g/mol. The van der Waals surface area contributed by atoms with Gasteiger partial charge >= 0.3 is 5.97 Å². The number of carbonyl (C=O) groups is 2. The van der Waals surface area contributed by atoms with Crippen molar-refractivity contribution in [1.82, 2.24) is 0 Å². The van der Waals surface area contributed by atoms with Crippen molar-refractivity contribution in [2.75, 3.05) is 19.0 Å². The van der Waals surface area contributed by atoms with E-state index < -0.39 is 5.97 Å². The van der Waals surface area contributed by atoms with E-state index in [4.69, 9.17) is 4.74 Å². The van der Waals surface area contributed by atoms with Gasteiger partial charge in [0.1, 0.15) is 12.0 Å². The topological polar surface area (TPSA) is 46.6 Å². The molecule has 0 saturated carbocycles. The third-order valence-electron chi connectivity index (χ3n) is 2.85. The summed E-state index contributed by atoms with van der Waals surface area (Å²) < 4.78 is 5.23. The Bertz CT molecular complexity index is 601. The van der Waals surface area contributed by atoms with E-state index in [0.717, 1.165) is 12.0 Å². The number of benzene rings is 2. The second kappa shape index (κ2) is 6.02. The van der Waals surface area contributed by atoms with Gasteiger partial charge in [0, 0.05) is 25.3 Å². The molecule has 4 heteroatoms. The van der Waals surface area contributed by atoms with E-state index in [1.54, 1.807) is 36.4 Å². The van der Waals surface area contributed by atoms with E-state index >= 15 is 0 Å². The van der Waals surface area contributed by atoms with Crippen LogP contribution in [0.5, 0.6) is 5.75 Å². The van der Waals surface area contributed by atoms with Crippen molar-refractivity contribution in [2.24, 2.45) is 0 Å². The van der Waals surface area contributed by atoms with Gasteiger partial charge in [-0.25, -0.2) is 4.79 Å². The van der Waals surface area contributed by atoms with E-state index in [1.807, 2.05) is 31.1 Å². The summed E-state index contributed by atoms with van der Waals surface area (Å²) in [4.78, 5) is 24.4. The molecule has 0 radical (unpaired) electrons. The van der Waals surface area contributed by atoms with E-state index in [2.05, 4.69) is 0 Å². The summed E-state index contributed by atoms with van der Waals surface area (Å²) in [6.45, 7) is 0. The molecule has 0 spiro atoms. The summed E-state index contributed by atoms with van der Waals surface area (Å²) in [6, 6.07) is 13.5. The molecular formula is C16H15NO3. The fraction of sp³-hybridized carbons (Fsp3) is 0.125. The fourth-order valence-corrected chi connectivity index (χ4v) is 1.68. The Hall–Kier alpha value is -2.62. The van der Waals surface area contributed by atoms with Gasteiger partial charge in [0.05, 0.1) is 5.56 Å². The summed E-state index contributed by atoms with van der Waals surface area (Å²) in [5, 5.41) is 0. The van der Waals surface area contributed by atoms with Crippen molar-refractivity contribution in [3.63, 3.8) is 0 Å². The maximum atomic E-state index is 11.9. The van der Waals surface area contributed by atoms with E-state index in [1.165, 1.54) is 0 Å². The van der Waals surface area contributed by atoms with Gasteiger partial charge in [-0.05, 0) is 48.5 Å². The van der Waals surface area contributed by atoms with Crippen LogP contribution in [0.4, 0.5) is 5.69 Å². The van der Waals surface area contributed by atoms with Gasteiger partial charge in [-0.2, -0.15) is 0 Å². The average Bonchev–Trinajstić information content (AvgIpc) is 2.48. The zero-order valence-electron chi connectivity index (χ0n) is 11.4. The van der Waals surface area contributed by atoms with Gasteiger partial charge in [0.15, 0.2) is 0 Å². The molecule has 0 N–H and O–H groups in total. The average molecular weight is 269 g/mol. The molecule has 0 fully saturated rings. The van der Waals surface area contributed by atoms with Crippen LogP contribution in [-0.4, -0.2) is 26.4 Å². The normalized spacial score (nSPS) is 9.90. The number of carbonyl (C=O) groups excluding carboxylic acids is 2. The summed E-state index contributed by atoms with van der Waals surface area (Å²) in [7, 11) is 3.86. The zero-order valence-corrected chi connectivity index (χ0v) is 11.4. The van der Waals surface area contributed by atoms with Crippen molar-refractivity contribution in [3.05, 3.63) is 59.7 Å². The minimum Gasteiger partial charge on any atom is -0.423 e. The number of aldehydes is 1. The van der Waals surface area contributed by atoms with E-state index in [9.17, 15) is 9.59 Å². The molecule has 0 aliphatic rings. The minimum absolute atomic E-state index is 0.414. The number of hydrogen-bond acceptors (Lipinski definition) is 4. The molecule has 0 heterocycles. The second-order valence-corrected chi connectivity index (χ2v) is 4.52. The Balaban J connectivity index is 2.08. The molecule has 2 aromatic rings. The van der Waals surface area contributed by atoms with Crippen LogP contribution in [0.1, 0.15) is 20.7 Å². The van der Waals surface area contributed by atoms with Crippen molar-refractivity contribution in [2.45, 2.75) is 0 Å². The number of hydrogen-bond donors (Lipinski definition) is 0. The van der Waals surface area contributed by atoms with Gasteiger partial charge in [-0.1, -0.05) is 0 Å². The van der Waals surface area contributed by atoms with Crippen molar-refractivity contribution < 1.29 is 14.3 Å². The first-order valence-electron chi connectivity index (χ1n) is 6.15. The number of nitrogens with zero attached hydrogens (tertiary/aromatic N) is 1. The SMILES string of the molecule is CN(C)c1ccc(C(=O)Oc2ccc(C=O)cc2)cc1. The van der Waals surface area contributed by atoms with Crippen molar-refractivity contribution >= 4 is 17.9 Å². The van der Waals surface area contributed by atoms with Crippen LogP contribution in [0.3, 0.4) is 0 Å². The van der Waals surface area contributed by atoms with Crippen molar-refractivity contribution in [1.29, 1.82) is 0 Å².